The highest BCUT2D eigenvalue weighted by Gasteiger charge is 2.33. The zero-order chi connectivity index (χ0) is 14.9. The monoisotopic (exact) mass is 337 g/mol. The Balaban J connectivity index is 2.30. The SMILES string of the molecule is CN(C1CC[NH+](C)CC1)S(=O)(=O)c1c(Cl)cccc1Cl. The number of likely N-dealkylation sites (tertiary alicyclic amines) is 1. The molecular weight excluding hydrogens is 319 g/mol. The number of hydrogen-bond acceptors (Lipinski definition) is 2. The Bertz CT molecular complexity index is 564. The molecular formula is C13H19Cl2N2O2S+. The highest BCUT2D eigenvalue weighted by atomic mass is 35.5. The second kappa shape index (κ2) is 6.20. The van der Waals surface area contributed by atoms with Gasteiger partial charge in [-0.05, 0) is 12.1 Å². The van der Waals surface area contributed by atoms with Crippen LogP contribution in [0.3, 0.4) is 0 Å². The summed E-state index contributed by atoms with van der Waals surface area (Å²) in [5.74, 6) is 0. The third-order valence-corrected chi connectivity index (χ3v) is 6.75. The van der Waals surface area contributed by atoms with E-state index in [1.165, 1.54) is 9.21 Å². The van der Waals surface area contributed by atoms with Crippen LogP contribution in [0.2, 0.25) is 10.0 Å². The van der Waals surface area contributed by atoms with Gasteiger partial charge in [-0.2, -0.15) is 4.31 Å². The predicted octanol–water partition coefficient (Wildman–Crippen LogP) is 1.29. The lowest BCUT2D eigenvalue weighted by molar-refractivity contribution is -0.885. The molecule has 0 unspecified atom stereocenters. The van der Waals surface area contributed by atoms with Gasteiger partial charge in [0, 0.05) is 25.9 Å². The van der Waals surface area contributed by atoms with Crippen LogP contribution in [0, 0.1) is 0 Å². The maximum atomic E-state index is 12.7. The molecule has 0 aliphatic carbocycles. The minimum absolute atomic E-state index is 0.0102. The van der Waals surface area contributed by atoms with Crippen LogP contribution in [-0.4, -0.2) is 45.9 Å². The van der Waals surface area contributed by atoms with Gasteiger partial charge in [-0.3, -0.25) is 0 Å². The van der Waals surface area contributed by atoms with Gasteiger partial charge in [-0.1, -0.05) is 29.3 Å². The van der Waals surface area contributed by atoms with Crippen LogP contribution in [0.4, 0.5) is 0 Å². The molecule has 2 rings (SSSR count). The Morgan fingerprint density at radius 1 is 1.20 bits per heavy atom. The van der Waals surface area contributed by atoms with E-state index in [0.29, 0.717) is 0 Å². The third-order valence-electron chi connectivity index (χ3n) is 3.88. The first-order valence-electron chi connectivity index (χ1n) is 6.57. The van der Waals surface area contributed by atoms with Gasteiger partial charge < -0.3 is 4.90 Å². The summed E-state index contributed by atoms with van der Waals surface area (Å²) >= 11 is 12.1. The molecule has 1 N–H and O–H groups in total. The molecule has 1 fully saturated rings. The summed E-state index contributed by atoms with van der Waals surface area (Å²) in [5, 5.41) is 0.339. The number of sulfonamides is 1. The minimum Gasteiger partial charge on any atom is -0.337 e. The fraction of sp³-hybridized carbons (Fsp3) is 0.538. The van der Waals surface area contributed by atoms with Gasteiger partial charge in [0.05, 0.1) is 30.2 Å². The topological polar surface area (TPSA) is 41.8 Å². The first-order chi connectivity index (χ1) is 9.34. The molecule has 20 heavy (non-hydrogen) atoms. The summed E-state index contributed by atoms with van der Waals surface area (Å²) in [4.78, 5) is 1.44. The van der Waals surface area contributed by atoms with Gasteiger partial charge in [-0.15, -0.1) is 0 Å². The van der Waals surface area contributed by atoms with Crippen molar-refractivity contribution in [3.05, 3.63) is 28.2 Å². The number of hydrogen-bond donors (Lipinski definition) is 1. The molecule has 0 saturated carbocycles. The Kier molecular flexibility index (Phi) is 4.97. The molecule has 1 saturated heterocycles. The quantitative estimate of drug-likeness (QED) is 0.903. The van der Waals surface area contributed by atoms with Gasteiger partial charge in [0.2, 0.25) is 10.0 Å². The Hall–Kier alpha value is -0.330. The van der Waals surface area contributed by atoms with Crippen molar-refractivity contribution in [2.24, 2.45) is 0 Å². The van der Waals surface area contributed by atoms with E-state index in [1.54, 1.807) is 25.2 Å². The molecule has 7 heteroatoms. The van der Waals surface area contributed by atoms with Crippen molar-refractivity contribution in [3.8, 4) is 0 Å². The summed E-state index contributed by atoms with van der Waals surface area (Å²) < 4.78 is 26.8. The Labute approximate surface area is 130 Å². The van der Waals surface area contributed by atoms with Crippen LogP contribution in [0.5, 0.6) is 0 Å². The third kappa shape index (κ3) is 3.12. The molecule has 0 bridgehead atoms. The van der Waals surface area contributed by atoms with E-state index >= 15 is 0 Å². The van der Waals surface area contributed by atoms with Crippen LogP contribution in [0.25, 0.3) is 0 Å². The minimum atomic E-state index is -3.66. The second-order valence-corrected chi connectivity index (χ2v) is 8.01. The molecule has 1 aliphatic rings. The number of rotatable bonds is 3. The molecule has 0 radical (unpaired) electrons. The van der Waals surface area contributed by atoms with Crippen LogP contribution in [-0.2, 0) is 10.0 Å². The highest BCUT2D eigenvalue weighted by molar-refractivity contribution is 7.89. The lowest BCUT2D eigenvalue weighted by Gasteiger charge is -2.32. The van der Waals surface area contributed by atoms with Crippen LogP contribution < -0.4 is 4.90 Å². The van der Waals surface area contributed by atoms with Gasteiger partial charge in [-0.25, -0.2) is 8.42 Å². The molecule has 1 heterocycles. The van der Waals surface area contributed by atoms with E-state index in [-0.39, 0.29) is 21.0 Å². The standard InChI is InChI=1S/C13H18Cl2N2O2S/c1-16-8-6-10(7-9-16)17(2)20(18,19)13-11(14)4-3-5-12(13)15/h3-5,10H,6-9H2,1-2H3/p+1. The van der Waals surface area contributed by atoms with E-state index in [1.807, 2.05) is 0 Å². The van der Waals surface area contributed by atoms with E-state index < -0.39 is 10.0 Å². The number of benzene rings is 1. The lowest BCUT2D eigenvalue weighted by Crippen LogP contribution is -3.10. The smallest absolute Gasteiger partial charge is 0.246 e. The van der Waals surface area contributed by atoms with Crippen LogP contribution in [0.15, 0.2) is 23.1 Å². The van der Waals surface area contributed by atoms with Gasteiger partial charge in [0.25, 0.3) is 0 Å². The number of piperidine rings is 1. The first kappa shape index (κ1) is 16.0. The zero-order valence-corrected chi connectivity index (χ0v) is 13.9. The number of nitrogens with one attached hydrogen (secondary N) is 1. The summed E-state index contributed by atoms with van der Waals surface area (Å²) in [5.41, 5.74) is 0. The fourth-order valence-electron chi connectivity index (χ4n) is 2.53. The molecule has 1 aromatic carbocycles. The average Bonchev–Trinajstić information content (AvgIpc) is 2.38. The molecule has 1 aliphatic heterocycles. The molecule has 0 aromatic heterocycles. The number of nitrogens with zero attached hydrogens (tertiary/aromatic N) is 1. The Morgan fingerprint density at radius 3 is 2.20 bits per heavy atom. The van der Waals surface area contributed by atoms with E-state index in [9.17, 15) is 8.42 Å². The van der Waals surface area contributed by atoms with E-state index in [0.717, 1.165) is 25.9 Å². The van der Waals surface area contributed by atoms with Crippen molar-refractivity contribution in [2.45, 2.75) is 23.8 Å². The molecule has 1 aromatic rings. The second-order valence-electron chi connectivity index (χ2n) is 5.26. The predicted molar refractivity (Wildman–Crippen MR) is 81.1 cm³/mol. The Morgan fingerprint density at radius 2 is 1.70 bits per heavy atom. The summed E-state index contributed by atoms with van der Waals surface area (Å²) in [6, 6.07) is 4.75. The molecule has 0 atom stereocenters. The summed E-state index contributed by atoms with van der Waals surface area (Å²) in [7, 11) is 0.0749. The van der Waals surface area contributed by atoms with Gasteiger partial charge >= 0.3 is 0 Å². The van der Waals surface area contributed by atoms with Gasteiger partial charge in [0.15, 0.2) is 0 Å². The van der Waals surface area contributed by atoms with Crippen molar-refractivity contribution in [2.75, 3.05) is 27.2 Å². The van der Waals surface area contributed by atoms with Crippen molar-refractivity contribution in [1.82, 2.24) is 4.31 Å². The number of quaternary nitrogens is 1. The van der Waals surface area contributed by atoms with E-state index in [4.69, 9.17) is 23.2 Å². The lowest BCUT2D eigenvalue weighted by atomic mass is 10.1. The molecule has 112 valence electrons. The normalized spacial score (nSPS) is 24.1. The molecule has 0 amide bonds. The first-order valence-corrected chi connectivity index (χ1v) is 8.77. The average molecular weight is 338 g/mol. The van der Waals surface area contributed by atoms with Crippen LogP contribution in [0.1, 0.15) is 12.8 Å². The van der Waals surface area contributed by atoms with E-state index in [2.05, 4.69) is 7.05 Å². The number of halogens is 2. The van der Waals surface area contributed by atoms with Gasteiger partial charge in [0.1, 0.15) is 4.90 Å². The summed E-state index contributed by atoms with van der Waals surface area (Å²) in [6.45, 7) is 1.95. The fourth-order valence-corrected chi connectivity index (χ4v) is 5.03. The molecule has 4 nitrogen and oxygen atoms in total. The molecule has 0 spiro atoms. The summed E-state index contributed by atoms with van der Waals surface area (Å²) in [6.07, 6.45) is 1.70. The zero-order valence-electron chi connectivity index (χ0n) is 11.6. The highest BCUT2D eigenvalue weighted by Crippen LogP contribution is 2.32. The van der Waals surface area contributed by atoms with Crippen molar-refractivity contribution in [1.29, 1.82) is 0 Å². The van der Waals surface area contributed by atoms with Crippen molar-refractivity contribution < 1.29 is 13.3 Å². The maximum Gasteiger partial charge on any atom is 0.246 e. The maximum absolute atomic E-state index is 12.7. The van der Waals surface area contributed by atoms with Crippen molar-refractivity contribution >= 4 is 33.2 Å². The van der Waals surface area contributed by atoms with Crippen LogP contribution >= 0.6 is 23.2 Å². The van der Waals surface area contributed by atoms with Crippen molar-refractivity contribution in [3.63, 3.8) is 0 Å². The largest absolute Gasteiger partial charge is 0.337 e.